The first kappa shape index (κ1) is 13.6. The van der Waals surface area contributed by atoms with Crippen LogP contribution in [0.25, 0.3) is 0 Å². The van der Waals surface area contributed by atoms with Crippen molar-refractivity contribution in [2.24, 2.45) is 0 Å². The molecule has 2 aliphatic heterocycles. The molecule has 0 aromatic heterocycles. The van der Waals surface area contributed by atoms with Gasteiger partial charge in [-0.3, -0.25) is 4.79 Å². The summed E-state index contributed by atoms with van der Waals surface area (Å²) < 4.78 is 0. The molecule has 2 aliphatic rings. The molecule has 0 unspecified atom stereocenters. The van der Waals surface area contributed by atoms with Crippen LogP contribution < -0.4 is 5.32 Å². The molecule has 3 atom stereocenters. The molecule has 0 radical (unpaired) electrons. The van der Waals surface area contributed by atoms with Gasteiger partial charge in [0.2, 0.25) is 5.91 Å². The van der Waals surface area contributed by atoms with Gasteiger partial charge < -0.3 is 10.2 Å². The largest absolute Gasteiger partial charge is 0.338 e. The first-order chi connectivity index (χ1) is 9.66. The molecule has 3 heteroatoms. The number of hydrogen-bond acceptors (Lipinski definition) is 2. The fraction of sp³-hybridized carbons (Fsp3) is 0.588. The van der Waals surface area contributed by atoms with Crippen LogP contribution in [0.2, 0.25) is 0 Å². The second-order valence-electron chi connectivity index (χ2n) is 6.28. The third-order valence-corrected chi connectivity index (χ3v) is 4.84. The Morgan fingerprint density at radius 1 is 1.35 bits per heavy atom. The van der Waals surface area contributed by atoms with Crippen molar-refractivity contribution in [3.63, 3.8) is 0 Å². The van der Waals surface area contributed by atoms with E-state index in [1.165, 1.54) is 11.1 Å². The molecule has 2 heterocycles. The summed E-state index contributed by atoms with van der Waals surface area (Å²) in [4.78, 5) is 14.7. The standard InChI is InChI=1S/C17H24N2O/c1-12-6-3-4-7-15(12)14-10-13(2)19(11-14)17(20)16-8-5-9-18-16/h3-4,6-7,13-14,16,18H,5,8-11H2,1-2H3/t13-,14-,16-/m0/s1. The van der Waals surface area contributed by atoms with Crippen molar-refractivity contribution in [1.82, 2.24) is 10.2 Å². The molecule has 1 aromatic rings. The maximum absolute atomic E-state index is 12.6. The quantitative estimate of drug-likeness (QED) is 0.897. The molecule has 3 nitrogen and oxygen atoms in total. The van der Waals surface area contributed by atoms with E-state index >= 15 is 0 Å². The number of aryl methyl sites for hydroxylation is 1. The summed E-state index contributed by atoms with van der Waals surface area (Å²) in [5, 5.41) is 3.33. The number of nitrogens with one attached hydrogen (secondary N) is 1. The summed E-state index contributed by atoms with van der Waals surface area (Å²) in [6.07, 6.45) is 3.21. The molecule has 1 amide bonds. The number of carbonyl (C=O) groups is 1. The van der Waals surface area contributed by atoms with Gasteiger partial charge in [0.05, 0.1) is 6.04 Å². The lowest BCUT2D eigenvalue weighted by molar-refractivity contribution is -0.133. The third-order valence-electron chi connectivity index (χ3n) is 4.84. The minimum absolute atomic E-state index is 0.0630. The minimum atomic E-state index is 0.0630. The SMILES string of the molecule is Cc1ccccc1[C@H]1C[C@H](C)N(C(=O)[C@@H]2CCCN2)C1. The van der Waals surface area contributed by atoms with E-state index in [2.05, 4.69) is 48.3 Å². The van der Waals surface area contributed by atoms with Crippen LogP contribution in [0.3, 0.4) is 0 Å². The number of nitrogens with zero attached hydrogens (tertiary/aromatic N) is 1. The fourth-order valence-corrected chi connectivity index (χ4v) is 3.70. The van der Waals surface area contributed by atoms with E-state index in [0.29, 0.717) is 17.9 Å². The Bertz CT molecular complexity index is 494. The maximum atomic E-state index is 12.6. The predicted molar refractivity (Wildman–Crippen MR) is 80.7 cm³/mol. The summed E-state index contributed by atoms with van der Waals surface area (Å²) in [5.41, 5.74) is 2.76. The van der Waals surface area contributed by atoms with Crippen LogP contribution in [0, 0.1) is 6.92 Å². The Hall–Kier alpha value is -1.35. The molecule has 108 valence electrons. The first-order valence-corrected chi connectivity index (χ1v) is 7.76. The van der Waals surface area contributed by atoms with Crippen molar-refractivity contribution in [3.8, 4) is 0 Å². The van der Waals surface area contributed by atoms with Crippen molar-refractivity contribution in [1.29, 1.82) is 0 Å². The second kappa shape index (κ2) is 5.57. The van der Waals surface area contributed by atoms with Crippen LogP contribution >= 0.6 is 0 Å². The van der Waals surface area contributed by atoms with Crippen molar-refractivity contribution in [2.45, 2.75) is 51.1 Å². The Balaban J connectivity index is 1.73. The maximum Gasteiger partial charge on any atom is 0.239 e. The molecule has 0 spiro atoms. The third kappa shape index (κ3) is 2.47. The van der Waals surface area contributed by atoms with Crippen molar-refractivity contribution >= 4 is 5.91 Å². The van der Waals surface area contributed by atoms with Gasteiger partial charge in [-0.1, -0.05) is 24.3 Å². The van der Waals surface area contributed by atoms with Crippen LogP contribution in [0.15, 0.2) is 24.3 Å². The van der Waals surface area contributed by atoms with Gasteiger partial charge in [0, 0.05) is 18.5 Å². The van der Waals surface area contributed by atoms with E-state index in [1.807, 2.05) is 0 Å². The highest BCUT2D eigenvalue weighted by molar-refractivity contribution is 5.83. The van der Waals surface area contributed by atoms with Crippen molar-refractivity contribution in [3.05, 3.63) is 35.4 Å². The number of carbonyl (C=O) groups excluding carboxylic acids is 1. The fourth-order valence-electron chi connectivity index (χ4n) is 3.70. The Morgan fingerprint density at radius 3 is 2.85 bits per heavy atom. The molecular weight excluding hydrogens is 248 g/mol. The van der Waals surface area contributed by atoms with Gasteiger partial charge in [0.15, 0.2) is 0 Å². The van der Waals surface area contributed by atoms with Crippen molar-refractivity contribution < 1.29 is 4.79 Å². The molecule has 2 fully saturated rings. The van der Waals surface area contributed by atoms with E-state index in [-0.39, 0.29) is 6.04 Å². The Kier molecular flexibility index (Phi) is 3.79. The summed E-state index contributed by atoms with van der Waals surface area (Å²) in [6.45, 7) is 6.22. The van der Waals surface area contributed by atoms with E-state index in [1.54, 1.807) is 0 Å². The normalized spacial score (nSPS) is 29.9. The minimum Gasteiger partial charge on any atom is -0.338 e. The summed E-state index contributed by atoms with van der Waals surface area (Å²) in [7, 11) is 0. The van der Waals surface area contributed by atoms with Crippen LogP contribution in [0.1, 0.15) is 43.2 Å². The topological polar surface area (TPSA) is 32.3 Å². The monoisotopic (exact) mass is 272 g/mol. The number of likely N-dealkylation sites (tertiary alicyclic amines) is 1. The van der Waals surface area contributed by atoms with Crippen LogP contribution in [0.5, 0.6) is 0 Å². The highest BCUT2D eigenvalue weighted by atomic mass is 16.2. The zero-order valence-corrected chi connectivity index (χ0v) is 12.4. The molecular formula is C17H24N2O. The van der Waals surface area contributed by atoms with Gasteiger partial charge in [0.1, 0.15) is 0 Å². The summed E-state index contributed by atoms with van der Waals surface area (Å²) in [5.74, 6) is 0.808. The molecule has 2 saturated heterocycles. The Labute approximate surface area is 121 Å². The van der Waals surface area contributed by atoms with Crippen molar-refractivity contribution in [2.75, 3.05) is 13.1 Å². The van der Waals surface area contributed by atoms with Gasteiger partial charge in [-0.2, -0.15) is 0 Å². The number of benzene rings is 1. The summed E-state index contributed by atoms with van der Waals surface area (Å²) >= 11 is 0. The molecule has 1 N–H and O–H groups in total. The van der Waals surface area contributed by atoms with Gasteiger partial charge in [-0.15, -0.1) is 0 Å². The van der Waals surface area contributed by atoms with E-state index < -0.39 is 0 Å². The lowest BCUT2D eigenvalue weighted by atomic mass is 9.93. The molecule has 3 rings (SSSR count). The van der Waals surface area contributed by atoms with Gasteiger partial charge >= 0.3 is 0 Å². The van der Waals surface area contributed by atoms with Crippen LogP contribution in [-0.4, -0.2) is 36.0 Å². The zero-order valence-electron chi connectivity index (χ0n) is 12.4. The smallest absolute Gasteiger partial charge is 0.239 e. The second-order valence-corrected chi connectivity index (χ2v) is 6.28. The van der Waals surface area contributed by atoms with E-state index in [0.717, 1.165) is 32.4 Å². The molecule has 0 aliphatic carbocycles. The lowest BCUT2D eigenvalue weighted by Gasteiger charge is -2.25. The average Bonchev–Trinajstić information content (AvgIpc) is 3.08. The number of hydrogen-bond donors (Lipinski definition) is 1. The predicted octanol–water partition coefficient (Wildman–Crippen LogP) is 2.45. The highest BCUT2D eigenvalue weighted by Gasteiger charge is 2.37. The van der Waals surface area contributed by atoms with E-state index in [4.69, 9.17) is 0 Å². The first-order valence-electron chi connectivity index (χ1n) is 7.76. The average molecular weight is 272 g/mol. The van der Waals surface area contributed by atoms with Gasteiger partial charge in [0.25, 0.3) is 0 Å². The Morgan fingerprint density at radius 2 is 2.15 bits per heavy atom. The molecule has 0 saturated carbocycles. The van der Waals surface area contributed by atoms with Gasteiger partial charge in [-0.05, 0) is 50.8 Å². The molecule has 1 aromatic carbocycles. The van der Waals surface area contributed by atoms with Gasteiger partial charge in [-0.25, -0.2) is 0 Å². The molecule has 0 bridgehead atoms. The number of rotatable bonds is 2. The van der Waals surface area contributed by atoms with Crippen LogP contribution in [-0.2, 0) is 4.79 Å². The number of amides is 1. The van der Waals surface area contributed by atoms with Crippen LogP contribution in [0.4, 0.5) is 0 Å². The lowest BCUT2D eigenvalue weighted by Crippen LogP contribution is -2.45. The molecule has 20 heavy (non-hydrogen) atoms. The zero-order chi connectivity index (χ0) is 14.1. The van der Waals surface area contributed by atoms with E-state index in [9.17, 15) is 4.79 Å². The summed E-state index contributed by atoms with van der Waals surface area (Å²) in [6, 6.07) is 9.00. The highest BCUT2D eigenvalue weighted by Crippen LogP contribution is 2.33.